The summed E-state index contributed by atoms with van der Waals surface area (Å²) in [6.45, 7) is 11.7. The summed E-state index contributed by atoms with van der Waals surface area (Å²) in [7, 11) is 0. The number of rotatable bonds is 34. The molecule has 88 heavy (non-hydrogen) atoms. The van der Waals surface area contributed by atoms with Gasteiger partial charge < -0.3 is 56.8 Å². The van der Waals surface area contributed by atoms with Gasteiger partial charge >= 0.3 is 5.97 Å². The molecule has 0 amide bonds. The predicted octanol–water partition coefficient (Wildman–Crippen LogP) is 13.4. The quantitative estimate of drug-likeness (QED) is 0.0279. The van der Waals surface area contributed by atoms with Gasteiger partial charge in [0.05, 0.1) is 95.1 Å². The lowest BCUT2D eigenvalue weighted by Crippen LogP contribution is -2.60. The van der Waals surface area contributed by atoms with Crippen molar-refractivity contribution >= 4 is 11.8 Å². The van der Waals surface area contributed by atoms with E-state index in [4.69, 9.17) is 56.8 Å². The van der Waals surface area contributed by atoms with Gasteiger partial charge in [-0.2, -0.15) is 0 Å². The predicted molar refractivity (Wildman–Crippen MR) is 334 cm³/mol. The van der Waals surface area contributed by atoms with Crippen LogP contribution in [0.1, 0.15) is 99.2 Å². The molecule has 14 nitrogen and oxygen atoms in total. The summed E-state index contributed by atoms with van der Waals surface area (Å²) < 4.78 is 81.9. The van der Waals surface area contributed by atoms with Crippen molar-refractivity contribution in [2.45, 2.75) is 179 Å². The molecule has 0 bridgehead atoms. The average Bonchev–Trinajstić information content (AvgIpc) is 1.35. The first-order valence-electron chi connectivity index (χ1n) is 30.8. The molecule has 0 spiro atoms. The second-order valence-electron chi connectivity index (χ2n) is 23.5. The van der Waals surface area contributed by atoms with Crippen LogP contribution in [0.15, 0.2) is 212 Å². The van der Waals surface area contributed by atoms with Gasteiger partial charge in [0.25, 0.3) is 0 Å². The van der Waals surface area contributed by atoms with Crippen LogP contribution in [0.2, 0.25) is 0 Å². The highest BCUT2D eigenvalue weighted by Crippen LogP contribution is 2.39. The maximum absolute atomic E-state index is 14.1. The molecule has 466 valence electrons. The maximum Gasteiger partial charge on any atom is 0.374 e. The van der Waals surface area contributed by atoms with Crippen LogP contribution < -0.4 is 0 Å². The number of ketones is 1. The Morgan fingerprint density at radius 3 is 1.10 bits per heavy atom. The monoisotopic (exact) mass is 1200 g/mol. The van der Waals surface area contributed by atoms with Crippen LogP contribution in [0.25, 0.3) is 0 Å². The van der Waals surface area contributed by atoms with E-state index in [9.17, 15) is 9.59 Å². The van der Waals surface area contributed by atoms with Gasteiger partial charge in [-0.15, -0.1) is 0 Å². The highest BCUT2D eigenvalue weighted by atomic mass is 16.7. The van der Waals surface area contributed by atoms with Gasteiger partial charge in [0.15, 0.2) is 12.6 Å². The first kappa shape index (κ1) is 65.7. The molecule has 0 aromatic heterocycles. The van der Waals surface area contributed by atoms with Crippen LogP contribution in [-0.4, -0.2) is 97.6 Å². The molecule has 0 radical (unpaired) electrons. The molecule has 10 atom stereocenters. The van der Waals surface area contributed by atoms with E-state index in [0.29, 0.717) is 19.8 Å². The topological polar surface area (TPSA) is 145 Å². The second kappa shape index (κ2) is 33.7. The minimum Gasteiger partial charge on any atom is -0.460 e. The van der Waals surface area contributed by atoms with E-state index in [-0.39, 0.29) is 65.3 Å². The lowest BCUT2D eigenvalue weighted by Gasteiger charge is -2.48. The average molecular weight is 1200 g/mol. The Bertz CT molecular complexity index is 3080. The van der Waals surface area contributed by atoms with Gasteiger partial charge in [-0.1, -0.05) is 212 Å². The highest BCUT2D eigenvalue weighted by Gasteiger charge is 2.51. The molecule has 2 heterocycles. The van der Waals surface area contributed by atoms with E-state index < -0.39 is 84.4 Å². The summed E-state index contributed by atoms with van der Waals surface area (Å²) >= 11 is 0. The summed E-state index contributed by atoms with van der Waals surface area (Å²) in [5, 5.41) is 0. The van der Waals surface area contributed by atoms with Gasteiger partial charge in [-0.3, -0.25) is 4.79 Å². The molecule has 0 aliphatic carbocycles. The normalized spacial score (nSPS) is 21.3. The Labute approximate surface area is 519 Å². The lowest BCUT2D eigenvalue weighted by molar-refractivity contribution is -0.324. The van der Waals surface area contributed by atoms with Crippen molar-refractivity contribution in [1.82, 2.24) is 0 Å². The van der Waals surface area contributed by atoms with Gasteiger partial charge in [-0.25, -0.2) is 4.79 Å². The zero-order valence-corrected chi connectivity index (χ0v) is 51.4. The molecular formula is C74H86O14. The lowest BCUT2D eigenvalue weighted by atomic mass is 9.89. The van der Waals surface area contributed by atoms with E-state index >= 15 is 0 Å². The number of carbonyl (C=O) groups is 2. The third-order valence-corrected chi connectivity index (χ3v) is 15.8. The van der Waals surface area contributed by atoms with Gasteiger partial charge in [0.2, 0.25) is 5.78 Å². The Morgan fingerprint density at radius 1 is 0.432 bits per heavy atom. The molecule has 2 aliphatic rings. The number of hydrogen-bond donors (Lipinski definition) is 0. The number of esters is 1. The molecule has 14 heteroatoms. The molecule has 0 unspecified atom stereocenters. The zero-order chi connectivity index (χ0) is 61.4. The summed E-state index contributed by atoms with van der Waals surface area (Å²) in [5.74, 6) is -1.74. The molecule has 9 rings (SSSR count). The first-order valence-corrected chi connectivity index (χ1v) is 30.8. The Balaban J connectivity index is 1.05. The standard InChI is InChI=1S/C74H86O14/c1-6-78-72(76)63(75)43-61(85-66-44-64(79-47-55-30-16-8-17-31-55)68(81-49-57-34-20-10-21-35-57)70(87-66)73(2,3)83-51-59-38-24-12-25-39-59)42-62(53-77-46-54-28-14-7-15-29-54)86-67-45-65(80-48-56-32-18-9-19-33-56)69(82-50-58-36-22-11-23-37-58)71(88-67)74(4,5)84-52-60-40-26-13-27-41-60/h7-41,61-62,64-71H,6,42-53H2,1-5H3/t61-,62+,64-,65-,66+,67+,68+,69+,70+,71+/m1/s1. The minimum atomic E-state index is -1.01. The minimum absolute atomic E-state index is 0.0145. The number of hydrogen-bond acceptors (Lipinski definition) is 14. The second-order valence-corrected chi connectivity index (χ2v) is 23.5. The van der Waals surface area contributed by atoms with Gasteiger partial charge in [0, 0.05) is 25.7 Å². The molecule has 7 aromatic rings. The van der Waals surface area contributed by atoms with Crippen molar-refractivity contribution < 1.29 is 66.4 Å². The third kappa shape index (κ3) is 20.4. The third-order valence-electron chi connectivity index (χ3n) is 15.8. The fraction of sp³-hybridized carbons (Fsp3) is 0.405. The van der Waals surface area contributed by atoms with Crippen molar-refractivity contribution in [3.8, 4) is 0 Å². The van der Waals surface area contributed by atoms with Crippen molar-refractivity contribution in [3.05, 3.63) is 251 Å². The maximum atomic E-state index is 14.1. The van der Waals surface area contributed by atoms with E-state index in [1.165, 1.54) is 0 Å². The largest absolute Gasteiger partial charge is 0.460 e. The smallest absolute Gasteiger partial charge is 0.374 e. The fourth-order valence-corrected chi connectivity index (χ4v) is 11.0. The molecule has 0 N–H and O–H groups in total. The molecule has 7 aromatic carbocycles. The van der Waals surface area contributed by atoms with Crippen LogP contribution >= 0.6 is 0 Å². The van der Waals surface area contributed by atoms with Crippen LogP contribution in [-0.2, 0) is 113 Å². The van der Waals surface area contributed by atoms with Crippen LogP contribution in [0, 0.1) is 0 Å². The van der Waals surface area contributed by atoms with Crippen molar-refractivity contribution in [2.75, 3.05) is 13.2 Å². The first-order chi connectivity index (χ1) is 42.9. The van der Waals surface area contributed by atoms with Crippen molar-refractivity contribution in [3.63, 3.8) is 0 Å². The summed E-state index contributed by atoms with van der Waals surface area (Å²) in [6.07, 6.45) is -7.64. The molecular weight excluding hydrogens is 1110 g/mol. The molecule has 2 fully saturated rings. The van der Waals surface area contributed by atoms with E-state index in [1.807, 2.05) is 240 Å². The van der Waals surface area contributed by atoms with E-state index in [2.05, 4.69) is 0 Å². The Morgan fingerprint density at radius 2 is 0.750 bits per heavy atom. The number of carbonyl (C=O) groups excluding carboxylic acids is 2. The fourth-order valence-electron chi connectivity index (χ4n) is 11.0. The van der Waals surface area contributed by atoms with E-state index in [0.717, 1.165) is 38.9 Å². The molecule has 2 saturated heterocycles. The van der Waals surface area contributed by atoms with Gasteiger partial charge in [-0.05, 0) is 73.6 Å². The number of ether oxygens (including phenoxy) is 12. The van der Waals surface area contributed by atoms with Crippen LogP contribution in [0.3, 0.4) is 0 Å². The van der Waals surface area contributed by atoms with Crippen LogP contribution in [0.4, 0.5) is 0 Å². The number of Topliss-reactive ketones (excluding diaryl/α,β-unsaturated/α-hetero) is 1. The van der Waals surface area contributed by atoms with Crippen LogP contribution in [0.5, 0.6) is 0 Å². The van der Waals surface area contributed by atoms with Gasteiger partial charge in [0.1, 0.15) is 24.4 Å². The SMILES string of the molecule is CCOC(=O)C(=O)C[C@@H](C[C@@H](COCc1ccccc1)O[C@@H]1C[C@@H](OCc2ccccc2)[C@H](OCc2ccccc2)[C@@H](C(C)(C)OCc2ccccc2)O1)O[C@@H]1C[C@@H](OCc2ccccc2)[C@H](OCc2ccccc2)[C@@H](C(C)(C)OCc2ccccc2)O1. The van der Waals surface area contributed by atoms with Crippen molar-refractivity contribution in [1.29, 1.82) is 0 Å². The van der Waals surface area contributed by atoms with E-state index in [1.54, 1.807) is 6.92 Å². The molecule has 2 aliphatic heterocycles. The zero-order valence-electron chi connectivity index (χ0n) is 51.4. The Kier molecular flexibility index (Phi) is 25.2. The molecule has 0 saturated carbocycles. The summed E-state index contributed by atoms with van der Waals surface area (Å²) in [4.78, 5) is 27.5. The highest BCUT2D eigenvalue weighted by molar-refractivity contribution is 6.33. The Hall–Kier alpha value is -6.76. The number of benzene rings is 7. The summed E-state index contributed by atoms with van der Waals surface area (Å²) in [6, 6.07) is 69.8. The summed E-state index contributed by atoms with van der Waals surface area (Å²) in [5.41, 5.74) is 4.88. The van der Waals surface area contributed by atoms with Crippen molar-refractivity contribution in [2.24, 2.45) is 0 Å².